The molecule has 4 heteroatoms. The zero-order valence-electron chi connectivity index (χ0n) is 12.8. The fourth-order valence-corrected chi connectivity index (χ4v) is 2.05. The molecule has 0 saturated carbocycles. The van der Waals surface area contributed by atoms with Crippen molar-refractivity contribution in [2.45, 2.75) is 46.6 Å². The molecule has 1 rings (SSSR count). The fourth-order valence-electron chi connectivity index (χ4n) is 2.05. The van der Waals surface area contributed by atoms with E-state index in [9.17, 15) is 9.59 Å². The Kier molecular flexibility index (Phi) is 6.22. The topological polar surface area (TPSA) is 49.4 Å². The van der Waals surface area contributed by atoms with Crippen LogP contribution in [0.3, 0.4) is 0 Å². The third-order valence-electron chi connectivity index (χ3n) is 3.25. The van der Waals surface area contributed by atoms with Crippen molar-refractivity contribution in [1.82, 2.24) is 4.90 Å². The maximum absolute atomic E-state index is 11.9. The minimum absolute atomic E-state index is 0.0000914. The van der Waals surface area contributed by atoms with Crippen molar-refractivity contribution >= 4 is 17.5 Å². The molecule has 0 heterocycles. The summed E-state index contributed by atoms with van der Waals surface area (Å²) < 4.78 is 0. The van der Waals surface area contributed by atoms with Crippen molar-refractivity contribution in [2.75, 3.05) is 11.9 Å². The molecule has 1 aromatic carbocycles. The first-order valence-electron chi connectivity index (χ1n) is 7.10. The number of rotatable bonds is 6. The number of carbonyl (C=O) groups excluding carboxylic acids is 2. The number of nitrogens with zero attached hydrogens (tertiary/aromatic N) is 1. The van der Waals surface area contributed by atoms with Crippen molar-refractivity contribution in [1.29, 1.82) is 0 Å². The van der Waals surface area contributed by atoms with Gasteiger partial charge >= 0.3 is 0 Å². The van der Waals surface area contributed by atoms with E-state index in [-0.39, 0.29) is 17.9 Å². The maximum Gasteiger partial charge on any atom is 0.226 e. The summed E-state index contributed by atoms with van der Waals surface area (Å²) in [5.41, 5.74) is 2.04. The first kappa shape index (κ1) is 16.2. The van der Waals surface area contributed by atoms with E-state index in [4.69, 9.17) is 0 Å². The smallest absolute Gasteiger partial charge is 0.226 e. The number of anilines is 1. The van der Waals surface area contributed by atoms with Gasteiger partial charge in [0.25, 0.3) is 0 Å². The van der Waals surface area contributed by atoms with E-state index in [0.29, 0.717) is 13.0 Å². The highest BCUT2D eigenvalue weighted by Gasteiger charge is 2.14. The molecule has 110 valence electrons. The second-order valence-electron chi connectivity index (χ2n) is 5.15. The van der Waals surface area contributed by atoms with E-state index >= 15 is 0 Å². The van der Waals surface area contributed by atoms with Gasteiger partial charge in [-0.2, -0.15) is 0 Å². The quantitative estimate of drug-likeness (QED) is 0.868. The first-order chi connectivity index (χ1) is 9.43. The molecular formula is C16H24N2O2. The zero-order chi connectivity index (χ0) is 15.1. The van der Waals surface area contributed by atoms with Gasteiger partial charge in [-0.3, -0.25) is 9.59 Å². The van der Waals surface area contributed by atoms with Gasteiger partial charge in [0.2, 0.25) is 11.8 Å². The Morgan fingerprint density at radius 3 is 2.25 bits per heavy atom. The molecule has 0 unspecified atom stereocenters. The molecule has 0 aromatic heterocycles. The number of benzene rings is 1. The summed E-state index contributed by atoms with van der Waals surface area (Å²) in [6.07, 6.45) is 1.30. The summed E-state index contributed by atoms with van der Waals surface area (Å²) in [5, 5.41) is 2.85. The molecule has 0 aliphatic heterocycles. The summed E-state index contributed by atoms with van der Waals surface area (Å²) in [7, 11) is 0. The minimum Gasteiger partial charge on any atom is -0.340 e. The molecular weight excluding hydrogens is 252 g/mol. The van der Waals surface area contributed by atoms with Gasteiger partial charge in [-0.1, -0.05) is 19.1 Å². The van der Waals surface area contributed by atoms with Crippen LogP contribution in [0.4, 0.5) is 5.69 Å². The SMILES string of the molecule is CCc1ccc(NC(=O)CCN(C(C)=O)C(C)C)cc1. The Bertz CT molecular complexity index is 452. The molecule has 1 aromatic rings. The molecule has 0 atom stereocenters. The lowest BCUT2D eigenvalue weighted by Gasteiger charge is -2.24. The van der Waals surface area contributed by atoms with Crippen molar-refractivity contribution in [3.8, 4) is 0 Å². The van der Waals surface area contributed by atoms with E-state index < -0.39 is 0 Å². The van der Waals surface area contributed by atoms with Crippen molar-refractivity contribution in [2.24, 2.45) is 0 Å². The Labute approximate surface area is 121 Å². The summed E-state index contributed by atoms with van der Waals surface area (Å²) in [4.78, 5) is 25.0. The number of aryl methyl sites for hydroxylation is 1. The van der Waals surface area contributed by atoms with Crippen LogP contribution in [0.5, 0.6) is 0 Å². The van der Waals surface area contributed by atoms with E-state index in [2.05, 4.69) is 12.2 Å². The average molecular weight is 276 g/mol. The van der Waals surface area contributed by atoms with E-state index in [1.54, 1.807) is 4.90 Å². The van der Waals surface area contributed by atoms with Gasteiger partial charge < -0.3 is 10.2 Å². The zero-order valence-corrected chi connectivity index (χ0v) is 12.8. The van der Waals surface area contributed by atoms with Gasteiger partial charge in [0, 0.05) is 31.6 Å². The molecule has 0 bridgehead atoms. The van der Waals surface area contributed by atoms with Crippen LogP contribution in [0.25, 0.3) is 0 Å². The average Bonchev–Trinajstić information content (AvgIpc) is 2.39. The lowest BCUT2D eigenvalue weighted by molar-refractivity contribution is -0.130. The highest BCUT2D eigenvalue weighted by molar-refractivity contribution is 5.91. The number of amides is 2. The van der Waals surface area contributed by atoms with Crippen LogP contribution in [0, 0.1) is 0 Å². The number of nitrogens with one attached hydrogen (secondary N) is 1. The second-order valence-corrected chi connectivity index (χ2v) is 5.15. The van der Waals surface area contributed by atoms with Crippen LogP contribution in [0.2, 0.25) is 0 Å². The van der Waals surface area contributed by atoms with E-state index in [0.717, 1.165) is 12.1 Å². The van der Waals surface area contributed by atoms with Crippen LogP contribution in [-0.2, 0) is 16.0 Å². The molecule has 1 N–H and O–H groups in total. The molecule has 0 fully saturated rings. The van der Waals surface area contributed by atoms with E-state index in [1.165, 1.54) is 12.5 Å². The van der Waals surface area contributed by atoms with Gasteiger partial charge in [0.1, 0.15) is 0 Å². The van der Waals surface area contributed by atoms with Gasteiger partial charge in [0.15, 0.2) is 0 Å². The van der Waals surface area contributed by atoms with Crippen molar-refractivity contribution < 1.29 is 9.59 Å². The largest absolute Gasteiger partial charge is 0.340 e. The predicted octanol–water partition coefficient (Wildman–Crippen LogP) is 2.83. The molecule has 0 spiro atoms. The summed E-state index contributed by atoms with van der Waals surface area (Å²) in [6, 6.07) is 7.94. The highest BCUT2D eigenvalue weighted by Crippen LogP contribution is 2.10. The molecule has 0 radical (unpaired) electrons. The third kappa shape index (κ3) is 5.03. The molecule has 0 aliphatic rings. The number of hydrogen-bond acceptors (Lipinski definition) is 2. The highest BCUT2D eigenvalue weighted by atomic mass is 16.2. The summed E-state index contributed by atoms with van der Waals surface area (Å²) in [6.45, 7) is 7.97. The number of hydrogen-bond donors (Lipinski definition) is 1. The van der Waals surface area contributed by atoms with E-state index in [1.807, 2.05) is 38.1 Å². The molecule has 0 saturated heterocycles. The van der Waals surface area contributed by atoms with Gasteiger partial charge in [-0.15, -0.1) is 0 Å². The fraction of sp³-hybridized carbons (Fsp3) is 0.500. The standard InChI is InChI=1S/C16H24N2O2/c1-5-14-6-8-15(9-7-14)17-16(20)10-11-18(12(2)3)13(4)19/h6-9,12H,5,10-11H2,1-4H3,(H,17,20). The van der Waals surface area contributed by atoms with Crippen LogP contribution in [0.15, 0.2) is 24.3 Å². The Hall–Kier alpha value is -1.84. The maximum atomic E-state index is 11.9. The molecule has 20 heavy (non-hydrogen) atoms. The second kappa shape index (κ2) is 7.68. The minimum atomic E-state index is -0.0684. The third-order valence-corrected chi connectivity index (χ3v) is 3.25. The lowest BCUT2D eigenvalue weighted by atomic mass is 10.1. The Morgan fingerprint density at radius 2 is 1.80 bits per heavy atom. The van der Waals surface area contributed by atoms with Crippen molar-refractivity contribution in [3.63, 3.8) is 0 Å². The monoisotopic (exact) mass is 276 g/mol. The molecule has 4 nitrogen and oxygen atoms in total. The normalized spacial score (nSPS) is 10.4. The van der Waals surface area contributed by atoms with Crippen molar-refractivity contribution in [3.05, 3.63) is 29.8 Å². The number of carbonyl (C=O) groups is 2. The van der Waals surface area contributed by atoms with Gasteiger partial charge in [-0.25, -0.2) is 0 Å². The lowest BCUT2D eigenvalue weighted by Crippen LogP contribution is -2.37. The van der Waals surface area contributed by atoms with Crippen LogP contribution in [-0.4, -0.2) is 29.3 Å². The Balaban J connectivity index is 2.48. The summed E-state index contributed by atoms with van der Waals surface area (Å²) in [5.74, 6) is -0.0683. The van der Waals surface area contributed by atoms with Crippen LogP contribution < -0.4 is 5.32 Å². The first-order valence-corrected chi connectivity index (χ1v) is 7.10. The predicted molar refractivity (Wildman–Crippen MR) is 81.6 cm³/mol. The van der Waals surface area contributed by atoms with Crippen LogP contribution >= 0.6 is 0 Å². The molecule has 0 aliphatic carbocycles. The Morgan fingerprint density at radius 1 is 1.20 bits per heavy atom. The molecule has 2 amide bonds. The van der Waals surface area contributed by atoms with Gasteiger partial charge in [0.05, 0.1) is 0 Å². The van der Waals surface area contributed by atoms with Crippen LogP contribution in [0.1, 0.15) is 39.7 Å². The summed E-state index contributed by atoms with van der Waals surface area (Å²) >= 11 is 0. The van der Waals surface area contributed by atoms with Gasteiger partial charge in [-0.05, 0) is 38.0 Å².